The van der Waals surface area contributed by atoms with Gasteiger partial charge in [-0.15, -0.1) is 0 Å². The van der Waals surface area contributed by atoms with Crippen molar-refractivity contribution in [2.45, 2.75) is 38.2 Å². The number of piperidine rings is 1. The number of carbonyl (C=O) groups excluding carboxylic acids is 2. The van der Waals surface area contributed by atoms with Crippen molar-refractivity contribution in [1.29, 1.82) is 0 Å². The van der Waals surface area contributed by atoms with E-state index in [1.807, 2.05) is 34.9 Å². The zero-order chi connectivity index (χ0) is 18.6. The highest BCUT2D eigenvalue weighted by Gasteiger charge is 2.47. The average molecular weight is 360 g/mol. The first kappa shape index (κ1) is 18.7. The summed E-state index contributed by atoms with van der Waals surface area (Å²) in [6.07, 6.45) is 1.14. The van der Waals surface area contributed by atoms with E-state index in [1.165, 1.54) is 5.56 Å². The van der Waals surface area contributed by atoms with Crippen molar-refractivity contribution in [3.05, 3.63) is 35.9 Å². The quantitative estimate of drug-likeness (QED) is 0.782. The molecule has 2 amide bonds. The number of nitrogens with zero attached hydrogens (tertiary/aromatic N) is 2. The van der Waals surface area contributed by atoms with E-state index in [2.05, 4.69) is 19.1 Å². The van der Waals surface area contributed by atoms with Gasteiger partial charge < -0.3 is 19.3 Å². The maximum absolute atomic E-state index is 12.4. The maximum atomic E-state index is 12.4. The van der Waals surface area contributed by atoms with Gasteiger partial charge in [0.15, 0.2) is 0 Å². The number of hydrogen-bond donors (Lipinski definition) is 0. The monoisotopic (exact) mass is 360 g/mol. The average Bonchev–Trinajstić information content (AvgIpc) is 2.95. The van der Waals surface area contributed by atoms with Gasteiger partial charge in [-0.25, -0.2) is 4.79 Å². The van der Waals surface area contributed by atoms with Crippen LogP contribution in [0.15, 0.2) is 30.3 Å². The Bertz CT molecular complexity index is 626. The van der Waals surface area contributed by atoms with Crippen LogP contribution in [0.4, 0.5) is 4.79 Å². The Morgan fingerprint density at radius 2 is 1.96 bits per heavy atom. The SMILES string of the molecule is CCOCC(=O)N1CCC2(CC1)CN(C[C@H](C)c1ccccc1)C(=O)O2. The Labute approximate surface area is 155 Å². The number of hydrogen-bond acceptors (Lipinski definition) is 4. The van der Waals surface area contributed by atoms with Crippen LogP contribution in [0.3, 0.4) is 0 Å². The highest BCUT2D eigenvalue weighted by molar-refractivity contribution is 5.77. The lowest BCUT2D eigenvalue weighted by Gasteiger charge is -2.37. The summed E-state index contributed by atoms with van der Waals surface area (Å²) < 4.78 is 11.0. The summed E-state index contributed by atoms with van der Waals surface area (Å²) in [5, 5.41) is 0. The van der Waals surface area contributed by atoms with Gasteiger partial charge in [0.1, 0.15) is 12.2 Å². The second-order valence-corrected chi connectivity index (χ2v) is 7.26. The van der Waals surface area contributed by atoms with Crippen LogP contribution in [-0.2, 0) is 14.3 Å². The van der Waals surface area contributed by atoms with Crippen molar-refractivity contribution in [3.8, 4) is 0 Å². The predicted molar refractivity (Wildman–Crippen MR) is 97.9 cm³/mol. The van der Waals surface area contributed by atoms with Gasteiger partial charge in [-0.05, 0) is 18.4 Å². The first-order valence-corrected chi connectivity index (χ1v) is 9.41. The van der Waals surface area contributed by atoms with Crippen LogP contribution >= 0.6 is 0 Å². The molecule has 2 heterocycles. The largest absolute Gasteiger partial charge is 0.441 e. The smallest absolute Gasteiger partial charge is 0.410 e. The Morgan fingerprint density at radius 3 is 2.62 bits per heavy atom. The first-order valence-electron chi connectivity index (χ1n) is 9.41. The summed E-state index contributed by atoms with van der Waals surface area (Å²) in [5.74, 6) is 0.271. The summed E-state index contributed by atoms with van der Waals surface area (Å²) in [4.78, 5) is 28.1. The predicted octanol–water partition coefficient (Wildman–Crippen LogP) is 2.64. The molecule has 2 saturated heterocycles. The lowest BCUT2D eigenvalue weighted by molar-refractivity contribution is -0.139. The number of likely N-dealkylation sites (tertiary alicyclic amines) is 1. The molecule has 6 heteroatoms. The molecule has 2 aliphatic heterocycles. The van der Waals surface area contributed by atoms with Crippen LogP contribution in [0.1, 0.15) is 38.2 Å². The normalized spacial score (nSPS) is 20.3. The molecule has 0 N–H and O–H groups in total. The van der Waals surface area contributed by atoms with Crippen LogP contribution < -0.4 is 0 Å². The molecule has 26 heavy (non-hydrogen) atoms. The summed E-state index contributed by atoms with van der Waals surface area (Å²) in [6, 6.07) is 10.2. The molecule has 0 radical (unpaired) electrons. The highest BCUT2D eigenvalue weighted by atomic mass is 16.6. The summed E-state index contributed by atoms with van der Waals surface area (Å²) in [7, 11) is 0. The van der Waals surface area contributed by atoms with Crippen LogP contribution in [0.5, 0.6) is 0 Å². The van der Waals surface area contributed by atoms with E-state index in [9.17, 15) is 9.59 Å². The van der Waals surface area contributed by atoms with Gasteiger partial charge in [0.2, 0.25) is 5.91 Å². The first-order chi connectivity index (χ1) is 12.5. The van der Waals surface area contributed by atoms with Crippen LogP contribution in [0.25, 0.3) is 0 Å². The van der Waals surface area contributed by atoms with Gasteiger partial charge in [0.25, 0.3) is 0 Å². The van der Waals surface area contributed by atoms with E-state index in [-0.39, 0.29) is 24.5 Å². The molecule has 6 nitrogen and oxygen atoms in total. The number of carbonyl (C=O) groups is 2. The summed E-state index contributed by atoms with van der Waals surface area (Å²) in [5.41, 5.74) is 0.771. The Balaban J connectivity index is 1.54. The van der Waals surface area contributed by atoms with Crippen molar-refractivity contribution >= 4 is 12.0 Å². The lowest BCUT2D eigenvalue weighted by atomic mass is 9.91. The third-order valence-corrected chi connectivity index (χ3v) is 5.36. The Hall–Kier alpha value is -2.08. The zero-order valence-electron chi connectivity index (χ0n) is 15.6. The molecule has 1 aromatic carbocycles. The second kappa shape index (κ2) is 8.08. The second-order valence-electron chi connectivity index (χ2n) is 7.26. The summed E-state index contributed by atoms with van der Waals surface area (Å²) >= 11 is 0. The molecule has 0 bridgehead atoms. The highest BCUT2D eigenvalue weighted by Crippen LogP contribution is 2.34. The van der Waals surface area contributed by atoms with Crippen molar-refractivity contribution in [1.82, 2.24) is 9.80 Å². The number of benzene rings is 1. The Morgan fingerprint density at radius 1 is 1.27 bits per heavy atom. The van der Waals surface area contributed by atoms with E-state index in [0.29, 0.717) is 45.6 Å². The summed E-state index contributed by atoms with van der Waals surface area (Å²) in [6.45, 7) is 7.15. The third kappa shape index (κ3) is 4.18. The van der Waals surface area contributed by atoms with Gasteiger partial charge >= 0.3 is 6.09 Å². The van der Waals surface area contributed by atoms with Crippen LogP contribution in [-0.4, -0.2) is 66.8 Å². The van der Waals surface area contributed by atoms with Gasteiger partial charge in [-0.3, -0.25) is 4.79 Å². The fourth-order valence-corrected chi connectivity index (χ4v) is 3.76. The third-order valence-electron chi connectivity index (χ3n) is 5.36. The van der Waals surface area contributed by atoms with Gasteiger partial charge in [0, 0.05) is 39.1 Å². The van der Waals surface area contributed by atoms with E-state index < -0.39 is 5.60 Å². The molecule has 2 fully saturated rings. The van der Waals surface area contributed by atoms with E-state index in [0.717, 1.165) is 0 Å². The molecule has 3 rings (SSSR count). The van der Waals surface area contributed by atoms with E-state index in [1.54, 1.807) is 0 Å². The van der Waals surface area contributed by atoms with Crippen molar-refractivity contribution < 1.29 is 19.1 Å². The fraction of sp³-hybridized carbons (Fsp3) is 0.600. The van der Waals surface area contributed by atoms with Crippen LogP contribution in [0.2, 0.25) is 0 Å². The number of rotatable bonds is 6. The fourth-order valence-electron chi connectivity index (χ4n) is 3.76. The molecular formula is C20H28N2O4. The standard InChI is InChI=1S/C20H28N2O4/c1-3-25-14-18(23)21-11-9-20(10-12-21)15-22(19(24)26-20)13-16(2)17-7-5-4-6-8-17/h4-8,16H,3,9-15H2,1-2H3/t16-/m0/s1. The van der Waals surface area contributed by atoms with Crippen molar-refractivity contribution in [2.24, 2.45) is 0 Å². The minimum atomic E-state index is -0.449. The van der Waals surface area contributed by atoms with Gasteiger partial charge in [-0.2, -0.15) is 0 Å². The minimum Gasteiger partial charge on any atom is -0.441 e. The number of amides is 2. The zero-order valence-corrected chi connectivity index (χ0v) is 15.6. The van der Waals surface area contributed by atoms with Crippen molar-refractivity contribution in [2.75, 3.05) is 39.4 Å². The van der Waals surface area contributed by atoms with E-state index >= 15 is 0 Å². The molecule has 0 aromatic heterocycles. The molecule has 1 spiro atoms. The molecular weight excluding hydrogens is 332 g/mol. The van der Waals surface area contributed by atoms with E-state index in [4.69, 9.17) is 9.47 Å². The molecule has 2 aliphatic rings. The molecule has 0 saturated carbocycles. The maximum Gasteiger partial charge on any atom is 0.410 e. The molecule has 0 unspecified atom stereocenters. The lowest BCUT2D eigenvalue weighted by Crippen LogP contribution is -2.49. The minimum absolute atomic E-state index is 0.0144. The van der Waals surface area contributed by atoms with Crippen molar-refractivity contribution in [3.63, 3.8) is 0 Å². The molecule has 142 valence electrons. The molecule has 1 atom stereocenters. The topological polar surface area (TPSA) is 59.1 Å². The van der Waals surface area contributed by atoms with Gasteiger partial charge in [-0.1, -0.05) is 37.3 Å². The van der Waals surface area contributed by atoms with Crippen LogP contribution in [0, 0.1) is 0 Å². The molecule has 0 aliphatic carbocycles. The van der Waals surface area contributed by atoms with Gasteiger partial charge in [0.05, 0.1) is 6.54 Å². The Kier molecular flexibility index (Phi) is 5.81. The number of ether oxygens (including phenoxy) is 2. The molecule has 1 aromatic rings.